The molecule has 2 amide bonds. The van der Waals surface area contributed by atoms with Crippen molar-refractivity contribution in [2.24, 2.45) is 0 Å². The number of anilines is 2. The Morgan fingerprint density at radius 2 is 1.74 bits per heavy atom. The van der Waals surface area contributed by atoms with Crippen LogP contribution in [0.1, 0.15) is 5.56 Å². The molecule has 178 valence electrons. The zero-order valence-electron chi connectivity index (χ0n) is 19.5. The highest BCUT2D eigenvalue weighted by molar-refractivity contribution is 6.12. The number of benzene rings is 2. The molecule has 0 aliphatic carbocycles. The second-order valence-electron chi connectivity index (χ2n) is 8.30. The van der Waals surface area contributed by atoms with E-state index >= 15 is 0 Å². The maximum atomic E-state index is 13.4. The van der Waals surface area contributed by atoms with Crippen LogP contribution in [0.4, 0.5) is 11.5 Å². The van der Waals surface area contributed by atoms with Crippen molar-refractivity contribution < 1.29 is 19.1 Å². The van der Waals surface area contributed by atoms with Crippen LogP contribution in [-0.2, 0) is 9.59 Å². The molecule has 0 unspecified atom stereocenters. The summed E-state index contributed by atoms with van der Waals surface area (Å²) in [6.07, 6.45) is 3.45. The standard InChI is InChI=1S/C27H26N4O4/c1-34-21-11-9-20(10-12-21)18-24-27(33)31(22-6-2-3-7-23(22)35-24)19-26(32)30-16-14-29(15-17-30)25-8-4-5-13-28-25/h2-13,18H,14-17,19H2,1H3/b24-18-. The van der Waals surface area contributed by atoms with Crippen LogP contribution in [0, 0.1) is 0 Å². The fraction of sp³-hybridized carbons (Fsp3) is 0.222. The van der Waals surface area contributed by atoms with Gasteiger partial charge in [-0.2, -0.15) is 0 Å². The third-order valence-electron chi connectivity index (χ3n) is 6.14. The van der Waals surface area contributed by atoms with Crippen LogP contribution >= 0.6 is 0 Å². The third-order valence-corrected chi connectivity index (χ3v) is 6.14. The van der Waals surface area contributed by atoms with Gasteiger partial charge in [0.1, 0.15) is 18.1 Å². The first-order valence-corrected chi connectivity index (χ1v) is 11.5. The summed E-state index contributed by atoms with van der Waals surface area (Å²) in [6, 6.07) is 20.4. The molecule has 5 rings (SSSR count). The van der Waals surface area contributed by atoms with Crippen molar-refractivity contribution >= 4 is 29.4 Å². The number of pyridine rings is 1. The van der Waals surface area contributed by atoms with Crippen molar-refractivity contribution in [3.05, 3.63) is 84.2 Å². The normalized spacial score (nSPS) is 16.7. The predicted molar refractivity (Wildman–Crippen MR) is 133 cm³/mol. The van der Waals surface area contributed by atoms with Crippen LogP contribution in [0.2, 0.25) is 0 Å². The van der Waals surface area contributed by atoms with Gasteiger partial charge in [0.05, 0.1) is 12.8 Å². The monoisotopic (exact) mass is 470 g/mol. The van der Waals surface area contributed by atoms with E-state index in [0.717, 1.165) is 17.1 Å². The minimum Gasteiger partial charge on any atom is -0.497 e. The average molecular weight is 471 g/mol. The molecule has 8 heteroatoms. The summed E-state index contributed by atoms with van der Waals surface area (Å²) in [4.78, 5) is 36.5. The first kappa shape index (κ1) is 22.5. The lowest BCUT2D eigenvalue weighted by molar-refractivity contribution is -0.131. The molecule has 0 atom stereocenters. The van der Waals surface area contributed by atoms with Gasteiger partial charge < -0.3 is 19.3 Å². The molecular formula is C27H26N4O4. The summed E-state index contributed by atoms with van der Waals surface area (Å²) in [7, 11) is 1.60. The lowest BCUT2D eigenvalue weighted by Gasteiger charge is -2.37. The second-order valence-corrected chi connectivity index (χ2v) is 8.30. The number of hydrogen-bond acceptors (Lipinski definition) is 6. The Balaban J connectivity index is 1.32. The van der Waals surface area contributed by atoms with Crippen LogP contribution < -0.4 is 19.3 Å². The maximum Gasteiger partial charge on any atom is 0.294 e. The number of ether oxygens (including phenoxy) is 2. The number of hydrogen-bond donors (Lipinski definition) is 0. The molecule has 0 bridgehead atoms. The van der Waals surface area contributed by atoms with Gasteiger partial charge in [0.15, 0.2) is 11.5 Å². The molecule has 1 fully saturated rings. The molecule has 3 heterocycles. The van der Waals surface area contributed by atoms with E-state index in [0.29, 0.717) is 37.6 Å². The number of methoxy groups -OCH3 is 1. The topological polar surface area (TPSA) is 75.2 Å². The van der Waals surface area contributed by atoms with Gasteiger partial charge in [-0.15, -0.1) is 0 Å². The van der Waals surface area contributed by atoms with Gasteiger partial charge in [0.25, 0.3) is 5.91 Å². The number of para-hydroxylation sites is 2. The summed E-state index contributed by atoms with van der Waals surface area (Å²) >= 11 is 0. The van der Waals surface area contributed by atoms with Gasteiger partial charge in [0, 0.05) is 32.4 Å². The van der Waals surface area contributed by atoms with Gasteiger partial charge in [-0.3, -0.25) is 14.5 Å². The summed E-state index contributed by atoms with van der Waals surface area (Å²) in [5.74, 6) is 1.90. The van der Waals surface area contributed by atoms with Crippen LogP contribution in [0.15, 0.2) is 78.7 Å². The van der Waals surface area contributed by atoms with Crippen molar-refractivity contribution in [2.45, 2.75) is 0 Å². The van der Waals surface area contributed by atoms with E-state index in [4.69, 9.17) is 9.47 Å². The van der Waals surface area contributed by atoms with Crippen molar-refractivity contribution in [3.63, 3.8) is 0 Å². The molecule has 8 nitrogen and oxygen atoms in total. The van der Waals surface area contributed by atoms with E-state index in [9.17, 15) is 9.59 Å². The van der Waals surface area contributed by atoms with E-state index in [-0.39, 0.29) is 24.1 Å². The molecule has 0 saturated carbocycles. The largest absolute Gasteiger partial charge is 0.497 e. The van der Waals surface area contributed by atoms with Crippen LogP contribution in [0.5, 0.6) is 11.5 Å². The Labute approximate surface area is 204 Å². The van der Waals surface area contributed by atoms with Gasteiger partial charge in [-0.05, 0) is 48.0 Å². The lowest BCUT2D eigenvalue weighted by atomic mass is 10.1. The fourth-order valence-electron chi connectivity index (χ4n) is 4.23. The zero-order valence-corrected chi connectivity index (χ0v) is 19.5. The molecular weight excluding hydrogens is 444 g/mol. The summed E-state index contributed by atoms with van der Waals surface area (Å²) in [5.41, 5.74) is 1.38. The third kappa shape index (κ3) is 4.82. The van der Waals surface area contributed by atoms with Crippen molar-refractivity contribution in [2.75, 3.05) is 49.6 Å². The van der Waals surface area contributed by atoms with E-state index in [1.54, 1.807) is 36.4 Å². The molecule has 2 aliphatic heterocycles. The Bertz CT molecular complexity index is 1240. The minimum atomic E-state index is -0.347. The molecule has 0 spiro atoms. The maximum absolute atomic E-state index is 13.4. The van der Waals surface area contributed by atoms with E-state index in [1.165, 1.54) is 4.90 Å². The van der Waals surface area contributed by atoms with Crippen LogP contribution in [0.3, 0.4) is 0 Å². The molecule has 2 aromatic carbocycles. The number of aromatic nitrogens is 1. The number of fused-ring (bicyclic) bond motifs is 1. The van der Waals surface area contributed by atoms with Gasteiger partial charge >= 0.3 is 0 Å². The summed E-state index contributed by atoms with van der Waals surface area (Å²) in [5, 5.41) is 0. The zero-order chi connectivity index (χ0) is 24.2. The highest BCUT2D eigenvalue weighted by Crippen LogP contribution is 2.35. The van der Waals surface area contributed by atoms with Gasteiger partial charge in [0.2, 0.25) is 5.91 Å². The molecule has 1 aromatic heterocycles. The molecule has 0 N–H and O–H groups in total. The Hall–Kier alpha value is -4.33. The predicted octanol–water partition coefficient (Wildman–Crippen LogP) is 3.21. The van der Waals surface area contributed by atoms with E-state index < -0.39 is 0 Å². The summed E-state index contributed by atoms with van der Waals surface area (Å²) < 4.78 is 11.1. The fourth-order valence-corrected chi connectivity index (χ4v) is 4.23. The first-order chi connectivity index (χ1) is 17.1. The lowest BCUT2D eigenvalue weighted by Crippen LogP contribution is -2.52. The number of carbonyl (C=O) groups excluding carboxylic acids is 2. The number of amides is 2. The number of nitrogens with zero attached hydrogens (tertiary/aromatic N) is 4. The van der Waals surface area contributed by atoms with Crippen LogP contribution in [0.25, 0.3) is 6.08 Å². The van der Waals surface area contributed by atoms with E-state index in [1.807, 2.05) is 54.6 Å². The molecule has 3 aromatic rings. The molecule has 0 radical (unpaired) electrons. The summed E-state index contributed by atoms with van der Waals surface area (Å²) in [6.45, 7) is 2.48. The highest BCUT2D eigenvalue weighted by atomic mass is 16.5. The second kappa shape index (κ2) is 9.89. The quantitative estimate of drug-likeness (QED) is 0.533. The Morgan fingerprint density at radius 3 is 2.46 bits per heavy atom. The number of piperazine rings is 1. The van der Waals surface area contributed by atoms with Crippen molar-refractivity contribution in [3.8, 4) is 11.5 Å². The Morgan fingerprint density at radius 1 is 1.00 bits per heavy atom. The molecule has 35 heavy (non-hydrogen) atoms. The first-order valence-electron chi connectivity index (χ1n) is 11.5. The average Bonchev–Trinajstić information content (AvgIpc) is 2.92. The molecule has 1 saturated heterocycles. The SMILES string of the molecule is COc1ccc(/C=C2\Oc3ccccc3N(CC(=O)N3CCN(c4ccccn4)CC3)C2=O)cc1. The van der Waals surface area contributed by atoms with Crippen molar-refractivity contribution in [1.29, 1.82) is 0 Å². The number of rotatable bonds is 5. The van der Waals surface area contributed by atoms with Crippen molar-refractivity contribution in [1.82, 2.24) is 9.88 Å². The van der Waals surface area contributed by atoms with Gasteiger partial charge in [-0.1, -0.05) is 30.3 Å². The molecule has 2 aliphatic rings. The van der Waals surface area contributed by atoms with Gasteiger partial charge in [-0.25, -0.2) is 4.98 Å². The minimum absolute atomic E-state index is 0.0528. The van der Waals surface area contributed by atoms with Crippen LogP contribution in [-0.4, -0.2) is 61.5 Å². The van der Waals surface area contributed by atoms with E-state index in [2.05, 4.69) is 9.88 Å². The Kier molecular flexibility index (Phi) is 6.34. The smallest absolute Gasteiger partial charge is 0.294 e. The highest BCUT2D eigenvalue weighted by Gasteiger charge is 2.33. The number of carbonyl (C=O) groups is 2.